The molecule has 1 aromatic heterocycles. The normalized spacial score (nSPS) is 27.9. The molecule has 2 heterocycles. The lowest BCUT2D eigenvalue weighted by Gasteiger charge is -2.50. The molecule has 0 spiro atoms. The number of rotatable bonds is 5. The summed E-state index contributed by atoms with van der Waals surface area (Å²) in [7, 11) is -1.32. The molecule has 1 saturated carbocycles. The molecule has 1 aliphatic heterocycles. The van der Waals surface area contributed by atoms with E-state index >= 15 is 0 Å². The third-order valence-electron chi connectivity index (χ3n) is 6.58. The van der Waals surface area contributed by atoms with Gasteiger partial charge in [0.05, 0.1) is 16.9 Å². The predicted molar refractivity (Wildman–Crippen MR) is 105 cm³/mol. The van der Waals surface area contributed by atoms with E-state index in [4.69, 9.17) is 0 Å². The maximum Gasteiger partial charge on any atom is 0.227 e. The fourth-order valence-corrected chi connectivity index (χ4v) is 6.95. The van der Waals surface area contributed by atoms with Crippen molar-refractivity contribution in [1.29, 1.82) is 0 Å². The van der Waals surface area contributed by atoms with Crippen LogP contribution in [0.2, 0.25) is 0 Å². The molecule has 1 aliphatic carbocycles. The van der Waals surface area contributed by atoms with Crippen molar-refractivity contribution in [1.82, 2.24) is 19.4 Å². The molecular weight excluding hydrogens is 364 g/mol. The Bertz CT molecular complexity index is 817. The zero-order valence-corrected chi connectivity index (χ0v) is 17.7. The quantitative estimate of drug-likeness (QED) is 0.821. The number of aryl methyl sites for hydroxylation is 2. The highest BCUT2D eigenvalue weighted by atomic mass is 32.2. The molecule has 1 N–H and O–H groups in total. The monoisotopic (exact) mass is 396 g/mol. The first-order chi connectivity index (χ1) is 12.7. The summed E-state index contributed by atoms with van der Waals surface area (Å²) in [4.78, 5) is 13.2. The number of sulfonamides is 1. The van der Waals surface area contributed by atoms with Crippen molar-refractivity contribution in [3.8, 4) is 0 Å². The Morgan fingerprint density at radius 2 is 2.04 bits per heavy atom. The van der Waals surface area contributed by atoms with Crippen molar-refractivity contribution < 1.29 is 13.2 Å². The molecule has 0 unspecified atom stereocenters. The first-order valence-corrected chi connectivity index (χ1v) is 11.6. The first-order valence-electron chi connectivity index (χ1n) is 10.00. The largest absolute Gasteiger partial charge is 0.355 e. The van der Waals surface area contributed by atoms with Gasteiger partial charge in [-0.05, 0) is 45.1 Å². The maximum atomic E-state index is 13.2. The topological polar surface area (TPSA) is 84.3 Å². The lowest BCUT2D eigenvalue weighted by atomic mass is 9.67. The average Bonchev–Trinajstić information content (AvgIpc) is 2.87. The van der Waals surface area contributed by atoms with Crippen molar-refractivity contribution in [3.05, 3.63) is 17.0 Å². The smallest absolute Gasteiger partial charge is 0.227 e. The van der Waals surface area contributed by atoms with E-state index in [0.29, 0.717) is 19.5 Å². The number of amides is 1. The molecule has 2 atom stereocenters. The third kappa shape index (κ3) is 3.53. The Kier molecular flexibility index (Phi) is 5.68. The average molecular weight is 397 g/mol. The van der Waals surface area contributed by atoms with E-state index in [1.54, 1.807) is 4.31 Å². The summed E-state index contributed by atoms with van der Waals surface area (Å²) >= 11 is 0. The molecule has 1 amide bonds. The summed E-state index contributed by atoms with van der Waals surface area (Å²) in [5.74, 6) is 0.103. The Hall–Kier alpha value is -1.41. The number of nitrogens with one attached hydrogen (secondary N) is 1. The van der Waals surface area contributed by atoms with E-state index in [2.05, 4.69) is 10.4 Å². The van der Waals surface area contributed by atoms with E-state index in [-0.39, 0.29) is 17.7 Å². The van der Waals surface area contributed by atoms with Crippen LogP contribution in [0.4, 0.5) is 0 Å². The number of fused-ring (bicyclic) bond motifs is 1. The van der Waals surface area contributed by atoms with Gasteiger partial charge in [0.25, 0.3) is 0 Å². The molecule has 2 fully saturated rings. The van der Waals surface area contributed by atoms with Crippen LogP contribution in [0.15, 0.2) is 0 Å². The first kappa shape index (κ1) is 20.3. The van der Waals surface area contributed by atoms with Gasteiger partial charge in [0.15, 0.2) is 0 Å². The molecule has 1 aromatic rings. The van der Waals surface area contributed by atoms with Crippen molar-refractivity contribution in [3.63, 3.8) is 0 Å². The maximum absolute atomic E-state index is 13.2. The van der Waals surface area contributed by atoms with E-state index in [9.17, 15) is 13.2 Å². The third-order valence-corrected chi connectivity index (χ3v) is 8.53. The summed E-state index contributed by atoms with van der Waals surface area (Å²) in [6.45, 7) is 6.90. The molecule has 8 heteroatoms. The Labute approximate surface area is 162 Å². The van der Waals surface area contributed by atoms with Gasteiger partial charge in [0.1, 0.15) is 0 Å². The highest BCUT2D eigenvalue weighted by Gasteiger charge is 2.54. The molecule has 0 aromatic carbocycles. The number of carbonyl (C=O) groups excluding carboxylic acids is 1. The second-order valence-corrected chi connectivity index (χ2v) is 10.0. The lowest BCUT2D eigenvalue weighted by molar-refractivity contribution is -0.137. The zero-order valence-electron chi connectivity index (χ0n) is 16.9. The minimum Gasteiger partial charge on any atom is -0.355 e. The van der Waals surface area contributed by atoms with Crippen molar-refractivity contribution in [2.45, 2.75) is 65.3 Å². The van der Waals surface area contributed by atoms with Gasteiger partial charge >= 0.3 is 0 Å². The predicted octanol–water partition coefficient (Wildman–Crippen LogP) is 1.68. The summed E-state index contributed by atoms with van der Waals surface area (Å²) in [5.41, 5.74) is 2.73. The van der Waals surface area contributed by atoms with Crippen LogP contribution in [-0.2, 0) is 28.3 Å². The molecule has 0 bridgehead atoms. The van der Waals surface area contributed by atoms with Crippen LogP contribution in [0, 0.1) is 19.3 Å². The van der Waals surface area contributed by atoms with Gasteiger partial charge in [-0.3, -0.25) is 9.48 Å². The number of hydrogen-bond acceptors (Lipinski definition) is 4. The van der Waals surface area contributed by atoms with Crippen LogP contribution in [0.5, 0.6) is 0 Å². The molecular formula is C19H32N4O3S. The Balaban J connectivity index is 1.74. The second kappa shape index (κ2) is 7.54. The number of carbonyl (C=O) groups is 1. The lowest BCUT2D eigenvalue weighted by Crippen LogP contribution is -2.62. The van der Waals surface area contributed by atoms with E-state index in [1.165, 1.54) is 5.56 Å². The van der Waals surface area contributed by atoms with Crippen LogP contribution in [-0.4, -0.2) is 53.3 Å². The van der Waals surface area contributed by atoms with Gasteiger partial charge in [-0.15, -0.1) is 0 Å². The summed E-state index contributed by atoms with van der Waals surface area (Å²) in [5, 5.41) is 7.56. The van der Waals surface area contributed by atoms with Crippen LogP contribution in [0.1, 0.15) is 56.0 Å². The fourth-order valence-electron chi connectivity index (χ4n) is 5.01. The molecule has 3 rings (SSSR count). The van der Waals surface area contributed by atoms with Crippen LogP contribution in [0.25, 0.3) is 0 Å². The highest BCUT2D eigenvalue weighted by Crippen LogP contribution is 2.46. The van der Waals surface area contributed by atoms with Crippen LogP contribution >= 0.6 is 0 Å². The van der Waals surface area contributed by atoms with E-state index in [0.717, 1.165) is 43.5 Å². The van der Waals surface area contributed by atoms with Crippen molar-refractivity contribution >= 4 is 15.9 Å². The molecule has 0 radical (unpaired) electrons. The van der Waals surface area contributed by atoms with Gasteiger partial charge in [0, 0.05) is 31.9 Å². The van der Waals surface area contributed by atoms with E-state index < -0.39 is 15.4 Å². The number of aromatic nitrogens is 2. The van der Waals surface area contributed by atoms with E-state index in [1.807, 2.05) is 32.5 Å². The Morgan fingerprint density at radius 3 is 2.67 bits per heavy atom. The molecule has 1 saturated heterocycles. The summed E-state index contributed by atoms with van der Waals surface area (Å²) in [6, 6.07) is -0.197. The Morgan fingerprint density at radius 1 is 1.30 bits per heavy atom. The van der Waals surface area contributed by atoms with Crippen LogP contribution < -0.4 is 5.32 Å². The zero-order chi connectivity index (χ0) is 19.8. The van der Waals surface area contributed by atoms with Gasteiger partial charge in [-0.2, -0.15) is 9.40 Å². The van der Waals surface area contributed by atoms with Gasteiger partial charge in [-0.25, -0.2) is 8.42 Å². The second-order valence-electron chi connectivity index (χ2n) is 7.97. The van der Waals surface area contributed by atoms with Gasteiger partial charge in [0.2, 0.25) is 15.9 Å². The highest BCUT2D eigenvalue weighted by molar-refractivity contribution is 7.89. The van der Waals surface area contributed by atoms with Crippen LogP contribution in [0.3, 0.4) is 0 Å². The SMILES string of the molecule is CCN1[C@@H]2CCCC[C@@]2(C(=O)NCCc2c(C)nn(C)c2C)CCS1(=O)=O. The standard InChI is InChI=1S/C19H32N4O3S/c1-5-23-17-8-6-7-10-19(17,11-13-27(23,25)26)18(24)20-12-9-16-14(2)21-22(4)15(16)3/h17H,5-13H2,1-4H3,(H,20,24)/t17-,19-/m1/s1. The molecule has 7 nitrogen and oxygen atoms in total. The molecule has 2 aliphatic rings. The van der Waals surface area contributed by atoms with Gasteiger partial charge in [-0.1, -0.05) is 19.8 Å². The molecule has 152 valence electrons. The number of nitrogens with zero attached hydrogens (tertiary/aromatic N) is 3. The van der Waals surface area contributed by atoms with Crippen molar-refractivity contribution in [2.75, 3.05) is 18.8 Å². The van der Waals surface area contributed by atoms with Crippen molar-refractivity contribution in [2.24, 2.45) is 12.5 Å². The fraction of sp³-hybridized carbons (Fsp3) is 0.789. The minimum absolute atomic E-state index is 0.0275. The van der Waals surface area contributed by atoms with Gasteiger partial charge < -0.3 is 5.32 Å². The summed E-state index contributed by atoms with van der Waals surface area (Å²) < 4.78 is 28.4. The number of hydrogen-bond donors (Lipinski definition) is 1. The molecule has 27 heavy (non-hydrogen) atoms. The minimum atomic E-state index is -3.25. The summed E-state index contributed by atoms with van der Waals surface area (Å²) in [6.07, 6.45) is 4.71.